The van der Waals surface area contributed by atoms with Crippen molar-refractivity contribution in [1.29, 1.82) is 0 Å². The highest BCUT2D eigenvalue weighted by Gasteiger charge is 2.15. The van der Waals surface area contributed by atoms with Gasteiger partial charge in [-0.1, -0.05) is 0 Å². The molecule has 0 atom stereocenters. The van der Waals surface area contributed by atoms with Crippen LogP contribution in [0.4, 0.5) is 5.69 Å². The fourth-order valence-electron chi connectivity index (χ4n) is 1.40. The number of rotatable bonds is 7. The van der Waals surface area contributed by atoms with Crippen LogP contribution in [-0.4, -0.2) is 31.8 Å². The molecule has 108 valence electrons. The Morgan fingerprint density at radius 2 is 2.05 bits per heavy atom. The summed E-state index contributed by atoms with van der Waals surface area (Å²) in [4.78, 5) is 0.866. The Hall–Kier alpha value is -0.880. The third-order valence-electron chi connectivity index (χ3n) is 2.64. The molecule has 0 fully saturated rings. The normalized spacial score (nSPS) is 11.8. The molecule has 0 aliphatic heterocycles. The number of hydrogen-bond donors (Lipinski definition) is 1. The molecule has 6 heteroatoms. The second-order valence-corrected chi connectivity index (χ2v) is 8.21. The van der Waals surface area contributed by atoms with Gasteiger partial charge in [0.1, 0.15) is 5.75 Å². The van der Waals surface area contributed by atoms with Gasteiger partial charge in [0.05, 0.1) is 17.6 Å². The first-order chi connectivity index (χ1) is 8.86. The van der Waals surface area contributed by atoms with Gasteiger partial charge in [0.2, 0.25) is 0 Å². The van der Waals surface area contributed by atoms with Crippen molar-refractivity contribution in [3.05, 3.63) is 18.2 Å². The average Bonchev–Trinajstić information content (AvgIpc) is 2.33. The summed E-state index contributed by atoms with van der Waals surface area (Å²) >= 11 is 1.45. The van der Waals surface area contributed by atoms with Gasteiger partial charge in [-0.05, 0) is 39.0 Å². The molecule has 0 radical (unpaired) electrons. The molecule has 4 nitrogen and oxygen atoms in total. The Balaban J connectivity index is 2.65. The maximum absolute atomic E-state index is 11.7. The maximum Gasteiger partial charge on any atom is 0.153 e. The fourth-order valence-corrected chi connectivity index (χ4v) is 3.79. The highest BCUT2D eigenvalue weighted by molar-refractivity contribution is 8.01. The molecule has 1 aromatic rings. The first-order valence-electron chi connectivity index (χ1n) is 6.23. The Kier molecular flexibility index (Phi) is 6.00. The average molecular weight is 303 g/mol. The number of thioether (sulfide) groups is 1. The van der Waals surface area contributed by atoms with Crippen LogP contribution in [0.25, 0.3) is 0 Å². The lowest BCUT2D eigenvalue weighted by molar-refractivity contribution is 0.339. The van der Waals surface area contributed by atoms with Gasteiger partial charge in [-0.2, -0.15) is 0 Å². The van der Waals surface area contributed by atoms with Crippen molar-refractivity contribution in [1.82, 2.24) is 0 Å². The van der Waals surface area contributed by atoms with E-state index in [0.717, 1.165) is 10.6 Å². The van der Waals surface area contributed by atoms with E-state index in [1.807, 2.05) is 19.1 Å². The van der Waals surface area contributed by atoms with Crippen molar-refractivity contribution >= 4 is 27.3 Å². The van der Waals surface area contributed by atoms with E-state index in [4.69, 9.17) is 10.5 Å². The zero-order valence-electron chi connectivity index (χ0n) is 11.5. The summed E-state index contributed by atoms with van der Waals surface area (Å²) in [5, 5.41) is -0.333. The highest BCUT2D eigenvalue weighted by atomic mass is 32.2. The summed E-state index contributed by atoms with van der Waals surface area (Å²) in [5.74, 6) is 1.42. The number of hydrogen-bond acceptors (Lipinski definition) is 5. The summed E-state index contributed by atoms with van der Waals surface area (Å²) in [6, 6.07) is 5.45. The fraction of sp³-hybridized carbons (Fsp3) is 0.538. The predicted octanol–water partition coefficient (Wildman–Crippen LogP) is 2.58. The largest absolute Gasteiger partial charge is 0.494 e. The molecule has 2 N–H and O–H groups in total. The van der Waals surface area contributed by atoms with Gasteiger partial charge in [-0.15, -0.1) is 11.8 Å². The van der Waals surface area contributed by atoms with Crippen LogP contribution in [0, 0.1) is 0 Å². The summed E-state index contributed by atoms with van der Waals surface area (Å²) < 4.78 is 28.8. The van der Waals surface area contributed by atoms with E-state index in [0.29, 0.717) is 18.0 Å². The van der Waals surface area contributed by atoms with Crippen molar-refractivity contribution in [2.45, 2.75) is 30.9 Å². The maximum atomic E-state index is 11.7. The standard InChI is InChI=1S/C13H21NO3S2/c1-4-17-11-5-6-12(14)13(9-11)18-7-8-19(15,16)10(2)3/h5-6,9-10H,4,7-8,14H2,1-3H3. The van der Waals surface area contributed by atoms with Crippen LogP contribution in [0.3, 0.4) is 0 Å². The Morgan fingerprint density at radius 1 is 1.37 bits per heavy atom. The van der Waals surface area contributed by atoms with E-state index >= 15 is 0 Å². The molecule has 0 unspecified atom stereocenters. The van der Waals surface area contributed by atoms with E-state index in [1.54, 1.807) is 19.9 Å². The first kappa shape index (κ1) is 16.2. The van der Waals surface area contributed by atoms with E-state index in [1.165, 1.54) is 11.8 Å². The third kappa shape index (κ3) is 4.95. The molecule has 0 aliphatic rings. The van der Waals surface area contributed by atoms with Gasteiger partial charge >= 0.3 is 0 Å². The zero-order chi connectivity index (χ0) is 14.5. The van der Waals surface area contributed by atoms with Gasteiger partial charge in [-0.3, -0.25) is 0 Å². The molecule has 0 aromatic heterocycles. The summed E-state index contributed by atoms with van der Waals surface area (Å²) in [6.45, 7) is 5.91. The molecule has 1 aromatic carbocycles. The number of nitrogens with two attached hydrogens (primary N) is 1. The first-order valence-corrected chi connectivity index (χ1v) is 8.93. The molecule has 0 bridgehead atoms. The molecule has 0 spiro atoms. The number of nitrogen functional groups attached to an aromatic ring is 1. The van der Waals surface area contributed by atoms with E-state index in [-0.39, 0.29) is 11.0 Å². The quantitative estimate of drug-likeness (QED) is 0.619. The molecule has 0 saturated carbocycles. The van der Waals surface area contributed by atoms with E-state index in [9.17, 15) is 8.42 Å². The second kappa shape index (κ2) is 7.05. The van der Waals surface area contributed by atoms with Crippen LogP contribution in [-0.2, 0) is 9.84 Å². The lowest BCUT2D eigenvalue weighted by Gasteiger charge is -2.10. The molecule has 0 heterocycles. The number of benzene rings is 1. The summed E-state index contributed by atoms with van der Waals surface area (Å²) in [5.41, 5.74) is 6.52. The van der Waals surface area contributed by atoms with Crippen molar-refractivity contribution in [3.63, 3.8) is 0 Å². The molecular formula is C13H21NO3S2. The SMILES string of the molecule is CCOc1ccc(N)c(SCCS(=O)(=O)C(C)C)c1. The molecule has 0 amide bonds. The van der Waals surface area contributed by atoms with Gasteiger partial charge in [0, 0.05) is 16.3 Å². The predicted molar refractivity (Wildman–Crippen MR) is 81.7 cm³/mol. The third-order valence-corrected chi connectivity index (χ3v) is 6.18. The summed E-state index contributed by atoms with van der Waals surface area (Å²) in [6.07, 6.45) is 0. The number of anilines is 1. The highest BCUT2D eigenvalue weighted by Crippen LogP contribution is 2.29. The molecular weight excluding hydrogens is 282 g/mol. The Morgan fingerprint density at radius 3 is 2.63 bits per heavy atom. The van der Waals surface area contributed by atoms with Gasteiger partial charge in [0.15, 0.2) is 9.84 Å². The van der Waals surface area contributed by atoms with Crippen LogP contribution < -0.4 is 10.5 Å². The van der Waals surface area contributed by atoms with Gasteiger partial charge in [-0.25, -0.2) is 8.42 Å². The molecule has 19 heavy (non-hydrogen) atoms. The smallest absolute Gasteiger partial charge is 0.153 e. The molecule has 0 aliphatic carbocycles. The number of ether oxygens (including phenoxy) is 1. The second-order valence-electron chi connectivity index (χ2n) is 4.40. The topological polar surface area (TPSA) is 69.4 Å². The van der Waals surface area contributed by atoms with E-state index in [2.05, 4.69) is 0 Å². The Labute approximate surface area is 119 Å². The van der Waals surface area contributed by atoms with Crippen molar-refractivity contribution in [2.24, 2.45) is 0 Å². The lowest BCUT2D eigenvalue weighted by atomic mass is 10.3. The van der Waals surface area contributed by atoms with Crippen LogP contribution in [0.15, 0.2) is 23.1 Å². The molecule has 0 saturated heterocycles. The van der Waals surface area contributed by atoms with Crippen LogP contribution in [0.1, 0.15) is 20.8 Å². The minimum atomic E-state index is -2.99. The Bertz CT molecular complexity index is 513. The van der Waals surface area contributed by atoms with Crippen LogP contribution in [0.5, 0.6) is 5.75 Å². The van der Waals surface area contributed by atoms with Gasteiger partial charge < -0.3 is 10.5 Å². The van der Waals surface area contributed by atoms with Crippen molar-refractivity contribution < 1.29 is 13.2 Å². The van der Waals surface area contributed by atoms with Crippen molar-refractivity contribution in [3.8, 4) is 5.75 Å². The minimum Gasteiger partial charge on any atom is -0.494 e. The molecule has 1 rings (SSSR count). The minimum absolute atomic E-state index is 0.160. The number of sulfone groups is 1. The monoisotopic (exact) mass is 303 g/mol. The van der Waals surface area contributed by atoms with E-state index < -0.39 is 9.84 Å². The zero-order valence-corrected chi connectivity index (χ0v) is 13.2. The van der Waals surface area contributed by atoms with Crippen LogP contribution in [0.2, 0.25) is 0 Å². The van der Waals surface area contributed by atoms with Gasteiger partial charge in [0.25, 0.3) is 0 Å². The van der Waals surface area contributed by atoms with Crippen LogP contribution >= 0.6 is 11.8 Å². The summed E-state index contributed by atoms with van der Waals surface area (Å²) in [7, 11) is -2.99. The lowest BCUT2D eigenvalue weighted by Crippen LogP contribution is -2.19. The van der Waals surface area contributed by atoms with Crippen molar-refractivity contribution in [2.75, 3.05) is 23.8 Å².